The molecule has 3 rings (SSSR count). The predicted octanol–water partition coefficient (Wildman–Crippen LogP) is 3.50. The second-order valence-electron chi connectivity index (χ2n) is 6.96. The number of anilines is 1. The normalized spacial score (nSPS) is 16.3. The Labute approximate surface area is 164 Å². The Morgan fingerprint density at radius 3 is 2.81 bits per heavy atom. The first-order valence-electron chi connectivity index (χ1n) is 9.34. The molecule has 1 amide bonds. The van der Waals surface area contributed by atoms with Crippen LogP contribution in [0.5, 0.6) is 5.75 Å². The van der Waals surface area contributed by atoms with E-state index >= 15 is 0 Å². The van der Waals surface area contributed by atoms with Crippen molar-refractivity contribution in [3.05, 3.63) is 40.9 Å². The molecule has 1 N–H and O–H groups in total. The molecular weight excluding hydrogens is 362 g/mol. The summed E-state index contributed by atoms with van der Waals surface area (Å²) in [6.07, 6.45) is 2.09. The average Bonchev–Trinajstić information content (AvgIpc) is 3.11. The van der Waals surface area contributed by atoms with Crippen molar-refractivity contribution < 1.29 is 14.3 Å². The summed E-state index contributed by atoms with van der Waals surface area (Å²) in [4.78, 5) is 20.0. The number of nitrogens with zero attached hydrogens (tertiary/aromatic N) is 2. The number of hydrogen-bond acceptors (Lipinski definition) is 6. The first-order chi connectivity index (χ1) is 13.0. The maximum atomic E-state index is 12.3. The molecule has 1 aromatic carbocycles. The van der Waals surface area contributed by atoms with Gasteiger partial charge < -0.3 is 14.8 Å². The molecule has 1 saturated heterocycles. The predicted molar refractivity (Wildman–Crippen MR) is 107 cm³/mol. The standard InChI is InChI=1S/C20H27N3O3S/c1-14(2)18-13-21-20(27-18)22-19(24)12-16-5-4-6-17(11-16)26-15(3)23-7-9-25-10-8-23/h4-6,11,13-15H,7-10,12H2,1-3H3,(H,21,22,24). The van der Waals surface area contributed by atoms with E-state index in [1.807, 2.05) is 37.4 Å². The second-order valence-corrected chi connectivity index (χ2v) is 8.02. The van der Waals surface area contributed by atoms with Crippen LogP contribution in [0.3, 0.4) is 0 Å². The molecule has 0 saturated carbocycles. The summed E-state index contributed by atoms with van der Waals surface area (Å²) in [6.45, 7) is 9.49. The van der Waals surface area contributed by atoms with E-state index in [4.69, 9.17) is 9.47 Å². The van der Waals surface area contributed by atoms with Crippen molar-refractivity contribution >= 4 is 22.4 Å². The van der Waals surface area contributed by atoms with Crippen molar-refractivity contribution in [2.24, 2.45) is 0 Å². The average molecular weight is 390 g/mol. The van der Waals surface area contributed by atoms with Crippen LogP contribution in [-0.4, -0.2) is 48.3 Å². The van der Waals surface area contributed by atoms with E-state index < -0.39 is 0 Å². The van der Waals surface area contributed by atoms with Gasteiger partial charge in [-0.2, -0.15) is 0 Å². The molecule has 7 heteroatoms. The third-order valence-corrected chi connectivity index (χ3v) is 5.68. The maximum Gasteiger partial charge on any atom is 0.230 e. The van der Waals surface area contributed by atoms with E-state index in [1.165, 1.54) is 11.3 Å². The van der Waals surface area contributed by atoms with E-state index in [1.54, 1.807) is 0 Å². The Morgan fingerprint density at radius 1 is 1.33 bits per heavy atom. The number of thiazole rings is 1. The van der Waals surface area contributed by atoms with Crippen molar-refractivity contribution in [3.8, 4) is 5.75 Å². The Kier molecular flexibility index (Phi) is 6.82. The molecule has 1 fully saturated rings. The number of amides is 1. The summed E-state index contributed by atoms with van der Waals surface area (Å²) in [7, 11) is 0. The summed E-state index contributed by atoms with van der Waals surface area (Å²) in [5.74, 6) is 1.11. The van der Waals surface area contributed by atoms with Crippen LogP contribution in [0.1, 0.15) is 37.1 Å². The van der Waals surface area contributed by atoms with Crippen LogP contribution >= 0.6 is 11.3 Å². The van der Waals surface area contributed by atoms with Gasteiger partial charge in [0.25, 0.3) is 0 Å². The fraction of sp³-hybridized carbons (Fsp3) is 0.500. The monoisotopic (exact) mass is 389 g/mol. The molecule has 2 aromatic rings. The van der Waals surface area contributed by atoms with E-state index in [9.17, 15) is 4.79 Å². The van der Waals surface area contributed by atoms with Crippen LogP contribution in [0, 0.1) is 0 Å². The van der Waals surface area contributed by atoms with Gasteiger partial charge in [0.2, 0.25) is 5.91 Å². The van der Waals surface area contributed by atoms with Crippen LogP contribution < -0.4 is 10.1 Å². The van der Waals surface area contributed by atoms with Gasteiger partial charge >= 0.3 is 0 Å². The lowest BCUT2D eigenvalue weighted by molar-refractivity contribution is -0.115. The lowest BCUT2D eigenvalue weighted by atomic mass is 10.1. The van der Waals surface area contributed by atoms with Gasteiger partial charge in [0, 0.05) is 24.2 Å². The van der Waals surface area contributed by atoms with E-state index in [0.717, 1.165) is 42.5 Å². The fourth-order valence-electron chi connectivity index (χ4n) is 2.90. The number of benzene rings is 1. The highest BCUT2D eigenvalue weighted by Gasteiger charge is 2.18. The zero-order valence-corrected chi connectivity index (χ0v) is 16.9. The first kappa shape index (κ1) is 19.8. The maximum absolute atomic E-state index is 12.3. The Balaban J connectivity index is 1.55. The second kappa shape index (κ2) is 9.30. The molecule has 1 aliphatic heterocycles. The highest BCUT2D eigenvalue weighted by Crippen LogP contribution is 2.25. The van der Waals surface area contributed by atoms with Gasteiger partial charge in [0.05, 0.1) is 19.6 Å². The van der Waals surface area contributed by atoms with Gasteiger partial charge in [-0.05, 0) is 30.5 Å². The third-order valence-electron chi connectivity index (χ3n) is 4.47. The topological polar surface area (TPSA) is 63.7 Å². The van der Waals surface area contributed by atoms with Gasteiger partial charge in [0.1, 0.15) is 12.0 Å². The van der Waals surface area contributed by atoms with E-state index in [-0.39, 0.29) is 12.1 Å². The van der Waals surface area contributed by atoms with Crippen LogP contribution in [0.25, 0.3) is 0 Å². The first-order valence-corrected chi connectivity index (χ1v) is 10.2. The summed E-state index contributed by atoms with van der Waals surface area (Å²) in [5.41, 5.74) is 0.916. The van der Waals surface area contributed by atoms with Crippen LogP contribution in [0.15, 0.2) is 30.5 Å². The quantitative estimate of drug-likeness (QED) is 0.785. The summed E-state index contributed by atoms with van der Waals surface area (Å²) < 4.78 is 11.4. The minimum atomic E-state index is -0.0713. The van der Waals surface area contributed by atoms with Gasteiger partial charge in [-0.3, -0.25) is 9.69 Å². The molecule has 1 unspecified atom stereocenters. The smallest absolute Gasteiger partial charge is 0.230 e. The molecule has 1 aromatic heterocycles. The molecule has 2 heterocycles. The highest BCUT2D eigenvalue weighted by atomic mass is 32.1. The van der Waals surface area contributed by atoms with Crippen molar-refractivity contribution in [2.45, 2.75) is 39.3 Å². The molecule has 6 nitrogen and oxygen atoms in total. The van der Waals surface area contributed by atoms with Crippen molar-refractivity contribution in [3.63, 3.8) is 0 Å². The fourth-order valence-corrected chi connectivity index (χ4v) is 3.74. The molecule has 0 aliphatic carbocycles. The number of morpholine rings is 1. The Hall–Kier alpha value is -1.96. The number of carbonyl (C=O) groups excluding carboxylic acids is 1. The number of nitrogens with one attached hydrogen (secondary N) is 1. The van der Waals surface area contributed by atoms with Gasteiger partial charge in [0.15, 0.2) is 5.13 Å². The molecule has 0 spiro atoms. The zero-order valence-electron chi connectivity index (χ0n) is 16.1. The SMILES string of the molecule is CC(C)c1cnc(NC(=O)Cc2cccc(OC(C)N3CCOCC3)c2)s1. The molecule has 0 radical (unpaired) electrons. The van der Waals surface area contributed by atoms with Crippen molar-refractivity contribution in [1.29, 1.82) is 0 Å². The zero-order chi connectivity index (χ0) is 19.2. The number of aromatic nitrogens is 1. The molecule has 146 valence electrons. The van der Waals surface area contributed by atoms with Crippen LogP contribution in [0.4, 0.5) is 5.13 Å². The minimum Gasteiger partial charge on any atom is -0.475 e. The summed E-state index contributed by atoms with van der Waals surface area (Å²) in [6, 6.07) is 7.71. The largest absolute Gasteiger partial charge is 0.475 e. The lowest BCUT2D eigenvalue weighted by Gasteiger charge is -2.32. The molecule has 1 atom stereocenters. The van der Waals surface area contributed by atoms with Gasteiger partial charge in [-0.1, -0.05) is 26.0 Å². The summed E-state index contributed by atoms with van der Waals surface area (Å²) >= 11 is 1.52. The van der Waals surface area contributed by atoms with Crippen LogP contribution in [-0.2, 0) is 16.0 Å². The van der Waals surface area contributed by atoms with Crippen LogP contribution in [0.2, 0.25) is 0 Å². The molecule has 27 heavy (non-hydrogen) atoms. The summed E-state index contributed by atoms with van der Waals surface area (Å²) in [5, 5.41) is 3.53. The Morgan fingerprint density at radius 2 is 2.11 bits per heavy atom. The van der Waals surface area contributed by atoms with Crippen molar-refractivity contribution in [1.82, 2.24) is 9.88 Å². The molecule has 0 bridgehead atoms. The van der Waals surface area contributed by atoms with E-state index in [0.29, 0.717) is 17.5 Å². The third kappa shape index (κ3) is 5.76. The highest BCUT2D eigenvalue weighted by molar-refractivity contribution is 7.15. The number of hydrogen-bond donors (Lipinski definition) is 1. The van der Waals surface area contributed by atoms with Gasteiger partial charge in [-0.25, -0.2) is 4.98 Å². The van der Waals surface area contributed by atoms with Crippen molar-refractivity contribution in [2.75, 3.05) is 31.6 Å². The Bertz CT molecular complexity index is 756. The number of rotatable bonds is 7. The van der Waals surface area contributed by atoms with E-state index in [2.05, 4.69) is 29.0 Å². The molecule has 1 aliphatic rings. The molecular formula is C20H27N3O3S. The lowest BCUT2D eigenvalue weighted by Crippen LogP contribution is -2.44. The minimum absolute atomic E-state index is 0.0252. The van der Waals surface area contributed by atoms with Gasteiger partial charge in [-0.15, -0.1) is 11.3 Å². The number of ether oxygens (including phenoxy) is 2. The number of carbonyl (C=O) groups is 1.